The first-order chi connectivity index (χ1) is 7.85. The van der Waals surface area contributed by atoms with Gasteiger partial charge in [-0.05, 0) is 35.4 Å². The number of rotatable bonds is 3. The predicted octanol–water partition coefficient (Wildman–Crippen LogP) is 0.109. The lowest BCUT2D eigenvalue weighted by Crippen LogP contribution is -2.40. The second-order valence-electron chi connectivity index (χ2n) is 3.92. The smallest absolute Gasteiger partial charge is 0.200 e. The Morgan fingerprint density at radius 1 is 1.44 bits per heavy atom. The van der Waals surface area contributed by atoms with Crippen molar-refractivity contribution in [1.82, 2.24) is 25.3 Å². The number of aromatic nitrogens is 5. The zero-order valence-corrected chi connectivity index (χ0v) is 8.87. The number of tetrazole rings is 1. The van der Waals surface area contributed by atoms with E-state index in [0.717, 1.165) is 18.7 Å². The molecular weight excluding hydrogens is 208 g/mol. The van der Waals surface area contributed by atoms with Crippen molar-refractivity contribution < 1.29 is 4.74 Å². The van der Waals surface area contributed by atoms with Crippen LogP contribution in [0.5, 0.6) is 0 Å². The van der Waals surface area contributed by atoms with Gasteiger partial charge in [-0.25, -0.2) is 0 Å². The molecule has 0 amide bonds. The van der Waals surface area contributed by atoms with Gasteiger partial charge < -0.3 is 10.1 Å². The van der Waals surface area contributed by atoms with Crippen LogP contribution in [-0.4, -0.2) is 44.5 Å². The number of nitrogens with zero attached hydrogens (tertiary/aromatic N) is 5. The normalized spacial score (nSPS) is 24.3. The average molecular weight is 220 g/mol. The van der Waals surface area contributed by atoms with Gasteiger partial charge >= 0.3 is 0 Å². The molecule has 0 radical (unpaired) electrons. The molecule has 0 aliphatic heterocycles. The zero-order chi connectivity index (χ0) is 11.0. The number of fused-ring (bicyclic) bond motifs is 1. The Balaban J connectivity index is 1.70. The van der Waals surface area contributed by atoms with Crippen molar-refractivity contribution >= 4 is 11.5 Å². The van der Waals surface area contributed by atoms with E-state index < -0.39 is 0 Å². The highest BCUT2D eigenvalue weighted by molar-refractivity contribution is 5.43. The molecule has 1 fully saturated rings. The number of ether oxygens (including phenoxy) is 1. The van der Waals surface area contributed by atoms with Crippen LogP contribution in [0.1, 0.15) is 12.8 Å². The SMILES string of the molecule is COC1CC(Nc2ccc3nnnn3n2)C1. The maximum atomic E-state index is 5.21. The summed E-state index contributed by atoms with van der Waals surface area (Å²) < 4.78 is 6.63. The molecule has 1 aliphatic rings. The molecule has 0 aromatic carbocycles. The van der Waals surface area contributed by atoms with Gasteiger partial charge in [-0.3, -0.25) is 0 Å². The van der Waals surface area contributed by atoms with Gasteiger partial charge in [-0.15, -0.1) is 14.8 Å². The molecule has 1 N–H and O–H groups in total. The summed E-state index contributed by atoms with van der Waals surface area (Å²) >= 11 is 0. The molecule has 16 heavy (non-hydrogen) atoms. The predicted molar refractivity (Wildman–Crippen MR) is 56.0 cm³/mol. The molecular formula is C9H12N6O. The molecule has 0 spiro atoms. The van der Waals surface area contributed by atoms with E-state index in [2.05, 4.69) is 25.9 Å². The van der Waals surface area contributed by atoms with Crippen LogP contribution in [0.3, 0.4) is 0 Å². The molecule has 0 bridgehead atoms. The first-order valence-electron chi connectivity index (χ1n) is 5.20. The maximum Gasteiger partial charge on any atom is 0.200 e. The third-order valence-corrected chi connectivity index (χ3v) is 2.85. The maximum absolute atomic E-state index is 5.21. The minimum atomic E-state index is 0.384. The number of methoxy groups -OCH3 is 1. The van der Waals surface area contributed by atoms with Crippen molar-refractivity contribution in [2.45, 2.75) is 25.0 Å². The van der Waals surface area contributed by atoms with Gasteiger partial charge in [0, 0.05) is 13.2 Å². The Labute approximate surface area is 91.8 Å². The Morgan fingerprint density at radius 2 is 2.31 bits per heavy atom. The molecule has 2 aromatic heterocycles. The highest BCUT2D eigenvalue weighted by Gasteiger charge is 2.29. The highest BCUT2D eigenvalue weighted by Crippen LogP contribution is 2.25. The van der Waals surface area contributed by atoms with Crippen molar-refractivity contribution in [3.05, 3.63) is 12.1 Å². The standard InChI is InChI=1S/C9H12N6O/c1-16-7-4-6(5-7)10-8-2-3-9-11-13-14-15(9)12-8/h2-3,6-7H,4-5H2,1H3,(H,10,12). The second kappa shape index (κ2) is 3.67. The average Bonchev–Trinajstić information content (AvgIpc) is 2.69. The molecule has 3 rings (SSSR count). The van der Waals surface area contributed by atoms with Crippen LogP contribution in [0.15, 0.2) is 12.1 Å². The van der Waals surface area contributed by atoms with Gasteiger partial charge in [0.2, 0.25) is 0 Å². The number of nitrogens with one attached hydrogen (secondary N) is 1. The summed E-state index contributed by atoms with van der Waals surface area (Å²) in [6.07, 6.45) is 2.42. The lowest BCUT2D eigenvalue weighted by molar-refractivity contribution is 0.0327. The molecule has 0 saturated heterocycles. The molecule has 2 aromatic rings. The Morgan fingerprint density at radius 3 is 3.12 bits per heavy atom. The largest absolute Gasteiger partial charge is 0.381 e. The fraction of sp³-hybridized carbons (Fsp3) is 0.556. The van der Waals surface area contributed by atoms with E-state index in [1.165, 1.54) is 4.63 Å². The molecule has 2 heterocycles. The van der Waals surface area contributed by atoms with Gasteiger partial charge in [-0.2, -0.15) is 0 Å². The van der Waals surface area contributed by atoms with E-state index >= 15 is 0 Å². The van der Waals surface area contributed by atoms with Crippen molar-refractivity contribution in [2.24, 2.45) is 0 Å². The summed E-state index contributed by atoms with van der Waals surface area (Å²) in [6.45, 7) is 0. The topological polar surface area (TPSA) is 77.2 Å². The Bertz CT molecular complexity index is 491. The third kappa shape index (κ3) is 1.58. The van der Waals surface area contributed by atoms with Crippen LogP contribution in [0, 0.1) is 0 Å². The molecule has 7 nitrogen and oxygen atoms in total. The number of anilines is 1. The van der Waals surface area contributed by atoms with Crippen molar-refractivity contribution in [1.29, 1.82) is 0 Å². The summed E-state index contributed by atoms with van der Waals surface area (Å²) in [4.78, 5) is 0. The molecule has 0 atom stereocenters. The monoisotopic (exact) mass is 220 g/mol. The van der Waals surface area contributed by atoms with Gasteiger partial charge in [0.1, 0.15) is 5.82 Å². The van der Waals surface area contributed by atoms with E-state index in [-0.39, 0.29) is 0 Å². The molecule has 0 unspecified atom stereocenters. The number of hydrogen-bond donors (Lipinski definition) is 1. The fourth-order valence-corrected chi connectivity index (χ4v) is 1.81. The van der Waals surface area contributed by atoms with E-state index in [9.17, 15) is 0 Å². The summed E-state index contributed by atoms with van der Waals surface area (Å²) in [6, 6.07) is 4.15. The van der Waals surface area contributed by atoms with Crippen LogP contribution in [0.2, 0.25) is 0 Å². The third-order valence-electron chi connectivity index (χ3n) is 2.85. The first-order valence-corrected chi connectivity index (χ1v) is 5.20. The van der Waals surface area contributed by atoms with E-state index in [1.807, 2.05) is 12.1 Å². The quantitative estimate of drug-likeness (QED) is 0.791. The van der Waals surface area contributed by atoms with E-state index in [4.69, 9.17) is 4.74 Å². The Kier molecular flexibility index (Phi) is 2.17. The van der Waals surface area contributed by atoms with Crippen LogP contribution >= 0.6 is 0 Å². The summed E-state index contributed by atoms with van der Waals surface area (Å²) in [5.74, 6) is 0.791. The van der Waals surface area contributed by atoms with Gasteiger partial charge in [0.15, 0.2) is 5.65 Å². The summed E-state index contributed by atoms with van der Waals surface area (Å²) in [5.41, 5.74) is 0.647. The van der Waals surface area contributed by atoms with E-state index in [0.29, 0.717) is 17.8 Å². The minimum absolute atomic E-state index is 0.384. The van der Waals surface area contributed by atoms with Gasteiger partial charge in [0.05, 0.1) is 6.10 Å². The van der Waals surface area contributed by atoms with E-state index in [1.54, 1.807) is 7.11 Å². The number of hydrogen-bond acceptors (Lipinski definition) is 6. The summed E-state index contributed by atoms with van der Waals surface area (Å²) in [7, 11) is 1.74. The second-order valence-corrected chi connectivity index (χ2v) is 3.92. The minimum Gasteiger partial charge on any atom is -0.381 e. The molecule has 1 saturated carbocycles. The Hall–Kier alpha value is -1.76. The summed E-state index contributed by atoms with van der Waals surface area (Å²) in [5, 5.41) is 18.6. The molecule has 1 aliphatic carbocycles. The van der Waals surface area contributed by atoms with Crippen LogP contribution in [0.4, 0.5) is 5.82 Å². The van der Waals surface area contributed by atoms with Crippen LogP contribution in [0.25, 0.3) is 5.65 Å². The van der Waals surface area contributed by atoms with Crippen LogP contribution in [-0.2, 0) is 4.74 Å². The zero-order valence-electron chi connectivity index (χ0n) is 8.87. The fourth-order valence-electron chi connectivity index (χ4n) is 1.81. The van der Waals surface area contributed by atoms with Crippen molar-refractivity contribution in [3.8, 4) is 0 Å². The van der Waals surface area contributed by atoms with Crippen LogP contribution < -0.4 is 5.32 Å². The first kappa shape index (κ1) is 9.46. The van der Waals surface area contributed by atoms with Gasteiger partial charge in [-0.1, -0.05) is 0 Å². The lowest BCUT2D eigenvalue weighted by Gasteiger charge is -2.34. The van der Waals surface area contributed by atoms with Crippen molar-refractivity contribution in [2.75, 3.05) is 12.4 Å². The van der Waals surface area contributed by atoms with Gasteiger partial charge in [0.25, 0.3) is 0 Å². The van der Waals surface area contributed by atoms with Crippen molar-refractivity contribution in [3.63, 3.8) is 0 Å². The molecule has 7 heteroatoms. The molecule has 84 valence electrons. The highest BCUT2D eigenvalue weighted by atomic mass is 16.5. The lowest BCUT2D eigenvalue weighted by atomic mass is 9.89.